The van der Waals surface area contributed by atoms with Crippen molar-refractivity contribution in [1.29, 1.82) is 0 Å². The van der Waals surface area contributed by atoms with Gasteiger partial charge in [0.05, 0.1) is 0 Å². The Morgan fingerprint density at radius 1 is 0.875 bits per heavy atom. The number of nitrogens with one attached hydrogen (secondary N) is 3. The molecule has 6 amide bonds. The van der Waals surface area contributed by atoms with Crippen LogP contribution in [0.3, 0.4) is 0 Å². The zero-order chi connectivity index (χ0) is 40.7. The van der Waals surface area contributed by atoms with Crippen LogP contribution in [0.1, 0.15) is 91.0 Å². The van der Waals surface area contributed by atoms with Crippen LogP contribution in [-0.4, -0.2) is 118 Å². The number of nitrogens with zero attached hydrogens (tertiary/aromatic N) is 3. The summed E-state index contributed by atoms with van der Waals surface area (Å²) in [4.78, 5) is 101. The van der Waals surface area contributed by atoms with Crippen molar-refractivity contribution in [2.45, 2.75) is 134 Å². The Labute approximate surface area is 326 Å². The Balaban J connectivity index is 1.50. The van der Waals surface area contributed by atoms with Gasteiger partial charge in [0, 0.05) is 32.1 Å². The van der Waals surface area contributed by atoms with Crippen LogP contribution in [0.2, 0.25) is 0 Å². The molecule has 0 aromatic heterocycles. The summed E-state index contributed by atoms with van der Waals surface area (Å²) in [5.74, 6) is -6.24. The number of halogens is 2. The predicted octanol–water partition coefficient (Wildman–Crippen LogP) is 2.28. The van der Waals surface area contributed by atoms with Gasteiger partial charge in [-0.1, -0.05) is 32.8 Å². The number of unbranched alkanes of at least 4 members (excludes halogenated alkanes) is 2. The molecule has 1 aromatic rings. The second-order valence-corrected chi connectivity index (χ2v) is 15.5. The average Bonchev–Trinajstić information content (AvgIpc) is 3.85. The molecule has 1 aromatic carbocycles. The number of allylic oxidation sites excluding steroid dienone is 1. The fourth-order valence-corrected chi connectivity index (χ4v) is 8.08. The lowest BCUT2D eigenvalue weighted by Gasteiger charge is -2.41. The lowest BCUT2D eigenvalue weighted by molar-refractivity contribution is -0.163. The first kappa shape index (κ1) is 42.3. The van der Waals surface area contributed by atoms with Crippen LogP contribution in [0, 0.1) is 17.6 Å². The summed E-state index contributed by atoms with van der Waals surface area (Å²) < 4.78 is 34.3. The maximum atomic E-state index is 14.6. The third-order valence-electron chi connectivity index (χ3n) is 11.1. The molecule has 0 bridgehead atoms. The normalized spacial score (nSPS) is 28.4. The number of benzene rings is 1. The van der Waals surface area contributed by atoms with E-state index in [1.165, 1.54) is 34.6 Å². The molecule has 0 spiro atoms. The predicted molar refractivity (Wildman–Crippen MR) is 199 cm³/mol. The van der Waals surface area contributed by atoms with Crippen molar-refractivity contribution < 1.29 is 47.1 Å². The molecule has 0 radical (unpaired) electrons. The summed E-state index contributed by atoms with van der Waals surface area (Å²) in [5.41, 5.74) is 0.0570. The molecule has 4 heterocycles. The van der Waals surface area contributed by atoms with Crippen LogP contribution in [0.15, 0.2) is 30.4 Å². The fourth-order valence-electron chi connectivity index (χ4n) is 8.08. The third-order valence-corrected chi connectivity index (χ3v) is 11.1. The zero-order valence-electron chi connectivity index (χ0n) is 32.6. The summed E-state index contributed by atoms with van der Waals surface area (Å²) in [7, 11) is 0. The Morgan fingerprint density at radius 2 is 1.52 bits per heavy atom. The molecule has 8 atom stereocenters. The number of esters is 1. The standard InChI is InChI=1S/C40H54F2N6O8/c1-5-6-7-8-13-33(49)44-29(21-26-19-27(41)22-28(42)20-26)35(50)45-34-25(4)56-40(55)31-12-10-16-47(31)37(52)24(3)43-36(51)32-18-23(2)14-17-48(32)38(53)30-11-9-15-46(30)39(34)54/h8,13,19-20,22-25,29-32,34H,5-7,9-12,14-18,21H2,1-4H3,(H,43,51)(H,44,49)(H,45,50)/b13-8+/t23-,24-,25-,29-,30-,31-,32-,34-/m1/s1. The highest BCUT2D eigenvalue weighted by molar-refractivity contribution is 5.98. The summed E-state index contributed by atoms with van der Waals surface area (Å²) in [6, 6.07) is -4.21. The van der Waals surface area contributed by atoms with E-state index in [4.69, 9.17) is 4.74 Å². The van der Waals surface area contributed by atoms with E-state index in [1.54, 1.807) is 6.08 Å². The van der Waals surface area contributed by atoms with Crippen molar-refractivity contribution in [3.8, 4) is 0 Å². The number of amides is 6. The zero-order valence-corrected chi connectivity index (χ0v) is 32.6. The van der Waals surface area contributed by atoms with Crippen molar-refractivity contribution in [3.05, 3.63) is 47.5 Å². The van der Waals surface area contributed by atoms with Gasteiger partial charge in [0.1, 0.15) is 54.0 Å². The van der Waals surface area contributed by atoms with Crippen molar-refractivity contribution in [1.82, 2.24) is 30.7 Å². The molecule has 4 aliphatic heterocycles. The van der Waals surface area contributed by atoms with Crippen LogP contribution in [0.5, 0.6) is 0 Å². The van der Waals surface area contributed by atoms with E-state index in [9.17, 15) is 42.3 Å². The first-order valence-corrected chi connectivity index (χ1v) is 19.8. The van der Waals surface area contributed by atoms with Crippen molar-refractivity contribution in [2.24, 2.45) is 5.92 Å². The molecule has 0 saturated carbocycles. The molecule has 14 nitrogen and oxygen atoms in total. The quantitative estimate of drug-likeness (QED) is 0.194. The number of cyclic esters (lactones) is 1. The minimum Gasteiger partial charge on any atom is -0.458 e. The van der Waals surface area contributed by atoms with E-state index >= 15 is 0 Å². The van der Waals surface area contributed by atoms with Gasteiger partial charge < -0.3 is 35.4 Å². The molecule has 0 unspecified atom stereocenters. The van der Waals surface area contributed by atoms with E-state index in [0.29, 0.717) is 38.2 Å². The summed E-state index contributed by atoms with van der Waals surface area (Å²) in [6.45, 7) is 7.53. The number of piperidine rings is 1. The van der Waals surface area contributed by atoms with Crippen molar-refractivity contribution in [2.75, 3.05) is 19.6 Å². The average molecular weight is 785 g/mol. The van der Waals surface area contributed by atoms with Crippen LogP contribution in [0.25, 0.3) is 0 Å². The van der Waals surface area contributed by atoms with Gasteiger partial charge in [-0.05, 0) is 88.5 Å². The third kappa shape index (κ3) is 10.1. The Bertz CT molecular complexity index is 1690. The molecule has 16 heteroatoms. The minimum atomic E-state index is -1.58. The lowest BCUT2D eigenvalue weighted by atomic mass is 9.91. The van der Waals surface area contributed by atoms with Gasteiger partial charge in [-0.2, -0.15) is 0 Å². The minimum absolute atomic E-state index is 0.0570. The Kier molecular flexibility index (Phi) is 14.2. The maximum absolute atomic E-state index is 14.6. The lowest BCUT2D eigenvalue weighted by Crippen LogP contribution is -2.63. The Hall–Kier alpha value is -4.89. The molecule has 306 valence electrons. The maximum Gasteiger partial charge on any atom is 0.329 e. The van der Waals surface area contributed by atoms with Gasteiger partial charge in [-0.25, -0.2) is 13.6 Å². The van der Waals surface area contributed by atoms with Crippen molar-refractivity contribution >= 4 is 41.4 Å². The SMILES string of the molecule is CCCC/C=C/C(=O)N[C@H](Cc1cc(F)cc(F)c1)C(=O)N[C@H]1C(=O)N2CCC[C@@H]2C(=O)N2CC[C@@H](C)C[C@@H]2C(=O)N[C@H](C)C(=O)N2CCC[C@@H]2C(=O)O[C@@H]1C. The van der Waals surface area contributed by atoms with E-state index < -0.39 is 95.4 Å². The summed E-state index contributed by atoms with van der Waals surface area (Å²) in [5, 5.41) is 7.99. The van der Waals surface area contributed by atoms with Gasteiger partial charge in [0.25, 0.3) is 0 Å². The van der Waals surface area contributed by atoms with Crippen LogP contribution in [0.4, 0.5) is 8.78 Å². The number of fused-ring (bicyclic) bond motifs is 3. The first-order chi connectivity index (χ1) is 26.7. The van der Waals surface area contributed by atoms with E-state index in [1.807, 2.05) is 13.8 Å². The summed E-state index contributed by atoms with van der Waals surface area (Å²) in [6.07, 6.45) is 5.98. The van der Waals surface area contributed by atoms with Gasteiger partial charge in [-0.15, -0.1) is 0 Å². The highest BCUT2D eigenvalue weighted by Crippen LogP contribution is 2.29. The van der Waals surface area contributed by atoms with E-state index in [2.05, 4.69) is 16.0 Å². The largest absolute Gasteiger partial charge is 0.458 e. The van der Waals surface area contributed by atoms with Gasteiger partial charge in [0.15, 0.2) is 0 Å². The van der Waals surface area contributed by atoms with Gasteiger partial charge >= 0.3 is 5.97 Å². The number of carbonyl (C=O) groups is 7. The van der Waals surface area contributed by atoms with Crippen LogP contribution < -0.4 is 16.0 Å². The number of rotatable bonds is 9. The number of hydrogen-bond donors (Lipinski definition) is 3. The fraction of sp³-hybridized carbons (Fsp3) is 0.625. The second kappa shape index (κ2) is 18.8. The molecule has 0 aliphatic carbocycles. The Morgan fingerprint density at radius 3 is 2.20 bits per heavy atom. The topological polar surface area (TPSA) is 175 Å². The monoisotopic (exact) mass is 784 g/mol. The first-order valence-electron chi connectivity index (χ1n) is 19.8. The highest BCUT2D eigenvalue weighted by Gasteiger charge is 2.47. The van der Waals surface area contributed by atoms with E-state index in [0.717, 1.165) is 25.0 Å². The second-order valence-electron chi connectivity index (χ2n) is 15.5. The molecule has 4 fully saturated rings. The number of hydrogen-bond acceptors (Lipinski definition) is 8. The van der Waals surface area contributed by atoms with Crippen LogP contribution >= 0.6 is 0 Å². The van der Waals surface area contributed by atoms with Crippen molar-refractivity contribution in [3.63, 3.8) is 0 Å². The van der Waals surface area contributed by atoms with Gasteiger partial charge in [-0.3, -0.25) is 28.8 Å². The number of carbonyl (C=O) groups excluding carboxylic acids is 7. The number of ether oxygens (including phenoxy) is 1. The molecule has 4 aliphatic rings. The smallest absolute Gasteiger partial charge is 0.329 e. The molecule has 5 rings (SSSR count). The van der Waals surface area contributed by atoms with Gasteiger partial charge in [0.2, 0.25) is 35.4 Å². The molecular formula is C40H54F2N6O8. The van der Waals surface area contributed by atoms with E-state index in [-0.39, 0.29) is 50.4 Å². The molecule has 56 heavy (non-hydrogen) atoms. The summed E-state index contributed by atoms with van der Waals surface area (Å²) >= 11 is 0. The van der Waals surface area contributed by atoms with Crippen LogP contribution in [-0.2, 0) is 44.7 Å². The molecule has 3 N–H and O–H groups in total. The highest BCUT2D eigenvalue weighted by atomic mass is 19.1. The molecule has 4 saturated heterocycles. The molecular weight excluding hydrogens is 730 g/mol.